The maximum absolute atomic E-state index is 13.3. The molecule has 1 amide bonds. The van der Waals surface area contributed by atoms with Crippen LogP contribution in [0.4, 0.5) is 8.78 Å². The van der Waals surface area contributed by atoms with Crippen molar-refractivity contribution in [2.24, 2.45) is 11.8 Å². The zero-order chi connectivity index (χ0) is 15.7. The lowest BCUT2D eigenvalue weighted by atomic mass is 9.96. The summed E-state index contributed by atoms with van der Waals surface area (Å²) in [6, 6.07) is 3.97. The average molecular weight is 345 g/mol. The molecule has 2 fully saturated rings. The molecule has 1 aromatic rings. The minimum atomic E-state index is -0.834. The van der Waals surface area contributed by atoms with E-state index in [1.807, 2.05) is 11.9 Å². The Labute approximate surface area is 141 Å². The fourth-order valence-corrected chi connectivity index (χ4v) is 3.46. The fourth-order valence-electron chi connectivity index (χ4n) is 3.46. The van der Waals surface area contributed by atoms with Gasteiger partial charge in [-0.2, -0.15) is 0 Å². The highest BCUT2D eigenvalue weighted by Gasteiger charge is 2.46. The van der Waals surface area contributed by atoms with Crippen LogP contribution in [0.5, 0.6) is 0 Å². The van der Waals surface area contributed by atoms with Gasteiger partial charge in [0, 0.05) is 19.0 Å². The maximum Gasteiger partial charge on any atom is 0.226 e. The summed E-state index contributed by atoms with van der Waals surface area (Å²) in [5.74, 6) is -0.835. The molecule has 2 aliphatic rings. The number of hydrogen-bond donors (Lipinski definition) is 1. The monoisotopic (exact) mass is 344 g/mol. The van der Waals surface area contributed by atoms with E-state index in [9.17, 15) is 13.6 Å². The number of hydrogen-bond acceptors (Lipinski definition) is 2. The molecule has 1 saturated heterocycles. The van der Waals surface area contributed by atoms with Crippen LogP contribution in [0.2, 0.25) is 0 Å². The predicted octanol–water partition coefficient (Wildman–Crippen LogP) is 2.95. The zero-order valence-electron chi connectivity index (χ0n) is 13.2. The number of nitrogens with zero attached hydrogens (tertiary/aromatic N) is 1. The van der Waals surface area contributed by atoms with E-state index in [2.05, 4.69) is 5.32 Å². The van der Waals surface area contributed by atoms with Crippen molar-refractivity contribution in [3.63, 3.8) is 0 Å². The Morgan fingerprint density at radius 3 is 2.57 bits per heavy atom. The second-order valence-corrected chi connectivity index (χ2v) is 6.45. The first-order chi connectivity index (χ1) is 10.6. The highest BCUT2D eigenvalue weighted by Crippen LogP contribution is 2.49. The quantitative estimate of drug-likeness (QED) is 0.910. The van der Waals surface area contributed by atoms with E-state index in [1.165, 1.54) is 6.07 Å². The summed E-state index contributed by atoms with van der Waals surface area (Å²) in [5, 5.41) is 3.19. The number of amides is 1. The first-order valence-corrected chi connectivity index (χ1v) is 7.98. The summed E-state index contributed by atoms with van der Waals surface area (Å²) < 4.78 is 26.3. The molecule has 3 nitrogen and oxygen atoms in total. The number of benzene rings is 1. The summed E-state index contributed by atoms with van der Waals surface area (Å²) in [4.78, 5) is 14.4. The number of piperidine rings is 1. The second-order valence-electron chi connectivity index (χ2n) is 6.45. The molecule has 1 saturated carbocycles. The van der Waals surface area contributed by atoms with Crippen LogP contribution in [0.1, 0.15) is 30.7 Å². The first kappa shape index (κ1) is 18.1. The molecular formula is C17H23ClF2N2O. The van der Waals surface area contributed by atoms with E-state index in [0.717, 1.165) is 50.5 Å². The van der Waals surface area contributed by atoms with Gasteiger partial charge in [0.1, 0.15) is 0 Å². The number of halogens is 3. The van der Waals surface area contributed by atoms with Crippen LogP contribution < -0.4 is 5.32 Å². The van der Waals surface area contributed by atoms with Gasteiger partial charge in [-0.05, 0) is 62.4 Å². The minimum absolute atomic E-state index is 0. The molecular weight excluding hydrogens is 322 g/mol. The topological polar surface area (TPSA) is 32.3 Å². The smallest absolute Gasteiger partial charge is 0.226 e. The lowest BCUT2D eigenvalue weighted by Crippen LogP contribution is -2.41. The van der Waals surface area contributed by atoms with Gasteiger partial charge in [0.2, 0.25) is 5.91 Å². The van der Waals surface area contributed by atoms with Crippen LogP contribution in [0.3, 0.4) is 0 Å². The van der Waals surface area contributed by atoms with Crippen LogP contribution in [-0.2, 0) is 4.79 Å². The Morgan fingerprint density at radius 1 is 1.26 bits per heavy atom. The van der Waals surface area contributed by atoms with Gasteiger partial charge < -0.3 is 10.2 Å². The molecule has 0 aromatic heterocycles. The van der Waals surface area contributed by atoms with E-state index < -0.39 is 11.6 Å². The summed E-state index contributed by atoms with van der Waals surface area (Å²) >= 11 is 0. The van der Waals surface area contributed by atoms with Gasteiger partial charge in [-0.1, -0.05) is 6.07 Å². The third-order valence-corrected chi connectivity index (χ3v) is 4.90. The van der Waals surface area contributed by atoms with Crippen LogP contribution >= 0.6 is 12.4 Å². The molecule has 128 valence electrons. The van der Waals surface area contributed by atoms with Gasteiger partial charge >= 0.3 is 0 Å². The lowest BCUT2D eigenvalue weighted by molar-refractivity contribution is -0.134. The Balaban J connectivity index is 0.00000192. The first-order valence-electron chi connectivity index (χ1n) is 7.98. The molecule has 1 aliphatic carbocycles. The molecule has 0 spiro atoms. The molecule has 1 aliphatic heterocycles. The average Bonchev–Trinajstić information content (AvgIpc) is 3.31. The number of nitrogens with one attached hydrogen (secondary N) is 1. The second kappa shape index (κ2) is 7.58. The number of carbonyl (C=O) groups is 1. The SMILES string of the molecule is CNCC1CCN(C(=O)C2CC2c2ccc(F)c(F)c2)CC1.Cl. The largest absolute Gasteiger partial charge is 0.342 e. The van der Waals surface area contributed by atoms with E-state index in [4.69, 9.17) is 0 Å². The Morgan fingerprint density at radius 2 is 1.96 bits per heavy atom. The van der Waals surface area contributed by atoms with Crippen LogP contribution in [-0.4, -0.2) is 37.5 Å². The van der Waals surface area contributed by atoms with Gasteiger partial charge in [-0.15, -0.1) is 12.4 Å². The third-order valence-electron chi connectivity index (χ3n) is 4.90. The van der Waals surface area contributed by atoms with Crippen molar-refractivity contribution in [2.45, 2.75) is 25.2 Å². The standard InChI is InChI=1S/C17H22F2N2O.ClH/c1-20-10-11-4-6-21(7-5-11)17(22)14-9-13(14)12-2-3-15(18)16(19)8-12;/h2-3,8,11,13-14,20H,4-7,9-10H2,1H3;1H. The van der Waals surface area contributed by atoms with E-state index in [1.54, 1.807) is 6.07 Å². The molecule has 0 radical (unpaired) electrons. The summed E-state index contributed by atoms with van der Waals surface area (Å²) in [7, 11) is 1.95. The van der Waals surface area contributed by atoms with Crippen molar-refractivity contribution in [3.8, 4) is 0 Å². The van der Waals surface area contributed by atoms with Crippen molar-refractivity contribution in [3.05, 3.63) is 35.4 Å². The molecule has 1 aromatic carbocycles. The van der Waals surface area contributed by atoms with Gasteiger partial charge in [-0.3, -0.25) is 4.79 Å². The number of carbonyl (C=O) groups excluding carboxylic acids is 1. The number of rotatable bonds is 4. The van der Waals surface area contributed by atoms with Crippen molar-refractivity contribution < 1.29 is 13.6 Å². The van der Waals surface area contributed by atoms with Gasteiger partial charge in [0.05, 0.1) is 0 Å². The van der Waals surface area contributed by atoms with E-state index in [0.29, 0.717) is 5.92 Å². The third kappa shape index (κ3) is 4.01. The summed E-state index contributed by atoms with van der Waals surface area (Å²) in [6.07, 6.45) is 2.82. The lowest BCUT2D eigenvalue weighted by Gasteiger charge is -2.32. The van der Waals surface area contributed by atoms with Gasteiger partial charge in [0.25, 0.3) is 0 Å². The van der Waals surface area contributed by atoms with Crippen molar-refractivity contribution in [1.82, 2.24) is 10.2 Å². The Bertz CT molecular complexity index is 562. The molecule has 6 heteroatoms. The molecule has 2 unspecified atom stereocenters. The summed E-state index contributed by atoms with van der Waals surface area (Å²) in [6.45, 7) is 2.63. The molecule has 0 bridgehead atoms. The number of likely N-dealkylation sites (tertiary alicyclic amines) is 1. The normalized spacial score (nSPS) is 24.2. The Kier molecular flexibility index (Phi) is 5.98. The van der Waals surface area contributed by atoms with Crippen molar-refractivity contribution >= 4 is 18.3 Å². The van der Waals surface area contributed by atoms with Gasteiger partial charge in [-0.25, -0.2) is 8.78 Å². The van der Waals surface area contributed by atoms with E-state index >= 15 is 0 Å². The zero-order valence-corrected chi connectivity index (χ0v) is 14.0. The molecule has 23 heavy (non-hydrogen) atoms. The molecule has 1 N–H and O–H groups in total. The highest BCUT2D eigenvalue weighted by molar-refractivity contribution is 5.85. The maximum atomic E-state index is 13.3. The van der Waals surface area contributed by atoms with E-state index in [-0.39, 0.29) is 30.2 Å². The highest BCUT2D eigenvalue weighted by atomic mass is 35.5. The van der Waals surface area contributed by atoms with Crippen LogP contribution in [0.15, 0.2) is 18.2 Å². The minimum Gasteiger partial charge on any atom is -0.342 e. The predicted molar refractivity (Wildman–Crippen MR) is 87.7 cm³/mol. The van der Waals surface area contributed by atoms with Crippen molar-refractivity contribution in [1.29, 1.82) is 0 Å². The summed E-state index contributed by atoms with van der Waals surface area (Å²) in [5.41, 5.74) is 0.738. The van der Waals surface area contributed by atoms with Crippen molar-refractivity contribution in [2.75, 3.05) is 26.7 Å². The molecule has 2 atom stereocenters. The molecule has 3 rings (SSSR count). The van der Waals surface area contributed by atoms with Gasteiger partial charge in [0.15, 0.2) is 11.6 Å². The molecule has 1 heterocycles. The van der Waals surface area contributed by atoms with Crippen LogP contribution in [0.25, 0.3) is 0 Å². The van der Waals surface area contributed by atoms with Crippen LogP contribution in [0, 0.1) is 23.5 Å². The Hall–Kier alpha value is -1.20. The fraction of sp³-hybridized carbons (Fsp3) is 0.588.